The molecule has 0 atom stereocenters. The molecule has 0 saturated carbocycles. The van der Waals surface area contributed by atoms with Gasteiger partial charge in [0.25, 0.3) is 0 Å². The van der Waals surface area contributed by atoms with E-state index in [1.807, 2.05) is 30.5 Å². The van der Waals surface area contributed by atoms with Gasteiger partial charge in [-0.05, 0) is 25.0 Å². The summed E-state index contributed by atoms with van der Waals surface area (Å²) in [5.74, 6) is -1.47. The molecule has 5 nitrogen and oxygen atoms in total. The Morgan fingerprint density at radius 2 is 2.10 bits per heavy atom. The van der Waals surface area contributed by atoms with Crippen LogP contribution in [0.2, 0.25) is 0 Å². The van der Waals surface area contributed by atoms with Crippen LogP contribution in [0, 0.1) is 0 Å². The van der Waals surface area contributed by atoms with E-state index in [9.17, 15) is 9.59 Å². The first-order valence-electron chi connectivity index (χ1n) is 6.32. The third kappa shape index (κ3) is 3.26. The minimum Gasteiger partial charge on any atom is -0.478 e. The number of nitrogens with one attached hydrogen (secondary N) is 2. The number of carboxylic acid groups (broad SMARTS) is 1. The van der Waals surface area contributed by atoms with Crippen molar-refractivity contribution < 1.29 is 14.7 Å². The maximum Gasteiger partial charge on any atom is 0.328 e. The molecule has 2 rings (SSSR count). The highest BCUT2D eigenvalue weighted by molar-refractivity contribution is 5.98. The smallest absolute Gasteiger partial charge is 0.328 e. The number of fused-ring (bicyclic) bond motifs is 1. The van der Waals surface area contributed by atoms with E-state index in [1.54, 1.807) is 0 Å². The van der Waals surface area contributed by atoms with Crippen molar-refractivity contribution in [1.82, 2.24) is 10.3 Å². The van der Waals surface area contributed by atoms with Crippen LogP contribution in [0.5, 0.6) is 0 Å². The molecular weight excluding hydrogens is 256 g/mol. The summed E-state index contributed by atoms with van der Waals surface area (Å²) >= 11 is 0. The van der Waals surface area contributed by atoms with E-state index >= 15 is 0 Å². The van der Waals surface area contributed by atoms with Gasteiger partial charge >= 0.3 is 5.97 Å². The minimum atomic E-state index is -1.12. The first-order chi connectivity index (χ1) is 9.58. The molecule has 0 unspecified atom stereocenters. The van der Waals surface area contributed by atoms with Crippen molar-refractivity contribution >= 4 is 22.8 Å². The number of amides is 1. The highest BCUT2D eigenvalue weighted by Crippen LogP contribution is 2.17. The average Bonchev–Trinajstić information content (AvgIpc) is 2.81. The van der Waals surface area contributed by atoms with Gasteiger partial charge in [0.05, 0.1) is 0 Å². The third-order valence-corrected chi connectivity index (χ3v) is 3.05. The lowest BCUT2D eigenvalue weighted by atomic mass is 10.1. The SMILES string of the molecule is C/C(=C\C(=O)O)C(=O)NCCc1c[nH]c2ccccc12. The molecule has 1 amide bonds. The molecule has 2 aromatic rings. The lowest BCUT2D eigenvalue weighted by molar-refractivity contribution is -0.131. The van der Waals surface area contributed by atoms with Crippen molar-refractivity contribution in [2.75, 3.05) is 6.54 Å². The van der Waals surface area contributed by atoms with Crippen molar-refractivity contribution in [3.63, 3.8) is 0 Å². The number of aromatic amines is 1. The molecule has 0 aliphatic rings. The Morgan fingerprint density at radius 3 is 2.85 bits per heavy atom. The second kappa shape index (κ2) is 6.06. The van der Waals surface area contributed by atoms with Crippen LogP contribution in [0.4, 0.5) is 0 Å². The Morgan fingerprint density at radius 1 is 1.35 bits per heavy atom. The molecule has 5 heteroatoms. The molecule has 104 valence electrons. The summed E-state index contributed by atoms with van der Waals surface area (Å²) in [6.45, 7) is 1.95. The highest BCUT2D eigenvalue weighted by atomic mass is 16.4. The summed E-state index contributed by atoms with van der Waals surface area (Å²) in [4.78, 5) is 25.3. The molecule has 1 heterocycles. The summed E-state index contributed by atoms with van der Waals surface area (Å²) in [6.07, 6.45) is 3.52. The summed E-state index contributed by atoms with van der Waals surface area (Å²) in [6, 6.07) is 7.96. The van der Waals surface area contributed by atoms with Crippen LogP contribution in [0.3, 0.4) is 0 Å². The van der Waals surface area contributed by atoms with E-state index in [-0.39, 0.29) is 11.5 Å². The molecule has 1 aromatic carbocycles. The van der Waals surface area contributed by atoms with Crippen molar-refractivity contribution in [1.29, 1.82) is 0 Å². The number of carbonyl (C=O) groups excluding carboxylic acids is 1. The molecule has 0 radical (unpaired) electrons. The van der Waals surface area contributed by atoms with Gasteiger partial charge in [0.2, 0.25) is 5.91 Å². The zero-order valence-corrected chi connectivity index (χ0v) is 11.1. The molecular formula is C15H16N2O3. The van der Waals surface area contributed by atoms with Crippen molar-refractivity contribution in [3.8, 4) is 0 Å². The lowest BCUT2D eigenvalue weighted by Crippen LogP contribution is -2.26. The van der Waals surface area contributed by atoms with Crippen LogP contribution in [-0.4, -0.2) is 28.5 Å². The molecule has 0 fully saturated rings. The predicted octanol–water partition coefficient (Wildman–Crippen LogP) is 1.86. The van der Waals surface area contributed by atoms with Crippen LogP contribution in [0.15, 0.2) is 42.1 Å². The van der Waals surface area contributed by atoms with Gasteiger partial charge in [0, 0.05) is 35.3 Å². The monoisotopic (exact) mass is 272 g/mol. The van der Waals surface area contributed by atoms with E-state index in [4.69, 9.17) is 5.11 Å². The highest BCUT2D eigenvalue weighted by Gasteiger charge is 2.07. The van der Waals surface area contributed by atoms with Gasteiger partial charge in [-0.1, -0.05) is 18.2 Å². The third-order valence-electron chi connectivity index (χ3n) is 3.05. The van der Waals surface area contributed by atoms with Gasteiger partial charge in [-0.15, -0.1) is 0 Å². The minimum absolute atomic E-state index is 0.191. The number of carbonyl (C=O) groups is 2. The number of para-hydroxylation sites is 1. The summed E-state index contributed by atoms with van der Waals surface area (Å²) < 4.78 is 0. The Labute approximate surface area is 116 Å². The number of carboxylic acids is 1. The average molecular weight is 272 g/mol. The van der Waals surface area contributed by atoms with Gasteiger partial charge in [-0.2, -0.15) is 0 Å². The van der Waals surface area contributed by atoms with Crippen molar-refractivity contribution in [2.45, 2.75) is 13.3 Å². The quantitative estimate of drug-likeness (QED) is 0.726. The number of aliphatic carboxylic acids is 1. The van der Waals surface area contributed by atoms with Crippen LogP contribution >= 0.6 is 0 Å². The largest absolute Gasteiger partial charge is 0.478 e. The Bertz CT molecular complexity index is 671. The Balaban J connectivity index is 1.93. The van der Waals surface area contributed by atoms with Crippen LogP contribution in [0.25, 0.3) is 10.9 Å². The van der Waals surface area contributed by atoms with Crippen LogP contribution in [0.1, 0.15) is 12.5 Å². The van der Waals surface area contributed by atoms with Gasteiger partial charge in [-0.3, -0.25) is 4.79 Å². The number of H-pyrrole nitrogens is 1. The lowest BCUT2D eigenvalue weighted by Gasteiger charge is -2.04. The number of rotatable bonds is 5. The summed E-state index contributed by atoms with van der Waals surface area (Å²) in [7, 11) is 0. The fraction of sp³-hybridized carbons (Fsp3) is 0.200. The molecule has 0 spiro atoms. The van der Waals surface area contributed by atoms with E-state index in [2.05, 4.69) is 10.3 Å². The Hall–Kier alpha value is -2.56. The van der Waals surface area contributed by atoms with Crippen molar-refractivity contribution in [3.05, 3.63) is 47.7 Å². The normalized spacial score (nSPS) is 11.6. The zero-order valence-electron chi connectivity index (χ0n) is 11.1. The predicted molar refractivity (Wildman–Crippen MR) is 76.4 cm³/mol. The van der Waals surface area contributed by atoms with E-state index in [1.165, 1.54) is 6.92 Å². The van der Waals surface area contributed by atoms with Crippen LogP contribution < -0.4 is 5.32 Å². The molecule has 0 aliphatic carbocycles. The van der Waals surface area contributed by atoms with Gasteiger partial charge in [0.1, 0.15) is 0 Å². The molecule has 0 aliphatic heterocycles. The van der Waals surface area contributed by atoms with Crippen molar-refractivity contribution in [2.24, 2.45) is 0 Å². The van der Waals surface area contributed by atoms with Gasteiger partial charge < -0.3 is 15.4 Å². The number of aromatic nitrogens is 1. The summed E-state index contributed by atoms with van der Waals surface area (Å²) in [5, 5.41) is 12.4. The van der Waals surface area contributed by atoms with E-state index in [0.717, 1.165) is 22.5 Å². The number of benzene rings is 1. The molecule has 20 heavy (non-hydrogen) atoms. The molecule has 0 saturated heterocycles. The molecule has 0 bridgehead atoms. The standard InChI is InChI=1S/C15H16N2O3/c1-10(8-14(18)19)15(20)16-7-6-11-9-17-13-5-3-2-4-12(11)13/h2-5,8-9,17H,6-7H2,1H3,(H,16,20)(H,18,19)/b10-8+. The molecule has 3 N–H and O–H groups in total. The number of hydrogen-bond donors (Lipinski definition) is 3. The fourth-order valence-corrected chi connectivity index (χ4v) is 2.04. The number of hydrogen-bond acceptors (Lipinski definition) is 2. The van der Waals surface area contributed by atoms with Crippen LogP contribution in [-0.2, 0) is 16.0 Å². The second-order valence-electron chi connectivity index (χ2n) is 4.53. The Kier molecular flexibility index (Phi) is 4.20. The maximum atomic E-state index is 11.6. The van der Waals surface area contributed by atoms with E-state index in [0.29, 0.717) is 13.0 Å². The maximum absolute atomic E-state index is 11.6. The fourth-order valence-electron chi connectivity index (χ4n) is 2.04. The van der Waals surface area contributed by atoms with E-state index < -0.39 is 5.97 Å². The van der Waals surface area contributed by atoms with Gasteiger partial charge in [0.15, 0.2) is 0 Å². The van der Waals surface area contributed by atoms with Gasteiger partial charge in [-0.25, -0.2) is 4.79 Å². The first kappa shape index (κ1) is 13.9. The second-order valence-corrected chi connectivity index (χ2v) is 4.53. The molecule has 1 aromatic heterocycles. The first-order valence-corrected chi connectivity index (χ1v) is 6.32. The zero-order chi connectivity index (χ0) is 14.5. The topological polar surface area (TPSA) is 82.2 Å². The summed E-state index contributed by atoms with van der Waals surface area (Å²) in [5.41, 5.74) is 2.38.